The quantitative estimate of drug-likeness (QED) is 0.399. The Balaban J connectivity index is 1.65. The molecule has 0 spiro atoms. The lowest BCUT2D eigenvalue weighted by atomic mass is 10.1. The largest absolute Gasteiger partial charge is 0.456 e. The smallest absolute Gasteiger partial charge is 0.326 e. The molecule has 29 heavy (non-hydrogen) atoms. The van der Waals surface area contributed by atoms with Crippen molar-refractivity contribution in [3.8, 4) is 5.69 Å². The Bertz CT molecular complexity index is 1030. The average Bonchev–Trinajstić information content (AvgIpc) is 3.01. The van der Waals surface area contributed by atoms with Gasteiger partial charge in [-0.05, 0) is 44.2 Å². The van der Waals surface area contributed by atoms with Crippen LogP contribution in [0.5, 0.6) is 0 Å². The second-order valence-corrected chi connectivity index (χ2v) is 7.50. The first-order valence-electron chi connectivity index (χ1n) is 8.98. The van der Waals surface area contributed by atoms with Crippen molar-refractivity contribution < 1.29 is 14.3 Å². The van der Waals surface area contributed by atoms with Crippen molar-refractivity contribution in [2.45, 2.75) is 13.8 Å². The first kappa shape index (κ1) is 20.7. The molecule has 8 heteroatoms. The van der Waals surface area contributed by atoms with Crippen molar-refractivity contribution in [2.24, 2.45) is 0 Å². The molecule has 0 atom stereocenters. The second-order valence-electron chi connectivity index (χ2n) is 6.59. The van der Waals surface area contributed by atoms with Crippen molar-refractivity contribution in [3.63, 3.8) is 0 Å². The van der Waals surface area contributed by atoms with Gasteiger partial charge in [-0.3, -0.25) is 9.59 Å². The summed E-state index contributed by atoms with van der Waals surface area (Å²) in [5, 5.41) is 0. The molecule has 2 heterocycles. The van der Waals surface area contributed by atoms with Gasteiger partial charge in [-0.15, -0.1) is 0 Å². The molecule has 0 bridgehead atoms. The predicted octanol–water partition coefficient (Wildman–Crippen LogP) is 3.51. The molecular formula is C21H21BrN4O3. The van der Waals surface area contributed by atoms with Gasteiger partial charge in [0.25, 0.3) is 0 Å². The zero-order valence-corrected chi connectivity index (χ0v) is 18.0. The van der Waals surface area contributed by atoms with Gasteiger partial charge in [0.1, 0.15) is 6.54 Å². The van der Waals surface area contributed by atoms with E-state index in [4.69, 9.17) is 4.74 Å². The molecule has 0 aliphatic heterocycles. The first-order chi connectivity index (χ1) is 13.9. The number of ether oxygens (including phenoxy) is 1. The molecule has 0 aliphatic carbocycles. The number of esters is 1. The van der Waals surface area contributed by atoms with Gasteiger partial charge >= 0.3 is 5.97 Å². The number of nitrogens with zero attached hydrogens (tertiary/aromatic N) is 4. The van der Waals surface area contributed by atoms with Gasteiger partial charge < -0.3 is 14.2 Å². The maximum atomic E-state index is 12.7. The Morgan fingerprint density at radius 2 is 1.86 bits per heavy atom. The van der Waals surface area contributed by atoms with Crippen LogP contribution in [0.15, 0.2) is 53.3 Å². The summed E-state index contributed by atoms with van der Waals surface area (Å²) in [7, 11) is 1.68. The number of ketones is 1. The fourth-order valence-electron chi connectivity index (χ4n) is 3.08. The van der Waals surface area contributed by atoms with Crippen molar-refractivity contribution >= 4 is 33.6 Å². The molecule has 0 radical (unpaired) electrons. The average molecular weight is 457 g/mol. The van der Waals surface area contributed by atoms with Crippen LogP contribution in [-0.4, -0.2) is 46.5 Å². The number of likely N-dealkylation sites (N-methyl/N-ethyl adjacent to an activating group) is 1. The summed E-state index contributed by atoms with van der Waals surface area (Å²) in [5.41, 5.74) is 3.22. The van der Waals surface area contributed by atoms with Crippen LogP contribution in [0.3, 0.4) is 0 Å². The van der Waals surface area contributed by atoms with Gasteiger partial charge in [0.05, 0.1) is 0 Å². The van der Waals surface area contributed by atoms with E-state index in [1.54, 1.807) is 30.4 Å². The van der Waals surface area contributed by atoms with Crippen LogP contribution in [0.25, 0.3) is 5.69 Å². The molecule has 0 fully saturated rings. The summed E-state index contributed by atoms with van der Waals surface area (Å²) in [6.45, 7) is 3.45. The van der Waals surface area contributed by atoms with E-state index >= 15 is 0 Å². The van der Waals surface area contributed by atoms with E-state index in [1.807, 2.05) is 48.7 Å². The van der Waals surface area contributed by atoms with E-state index in [-0.39, 0.29) is 18.9 Å². The van der Waals surface area contributed by atoms with Crippen LogP contribution in [0.1, 0.15) is 21.7 Å². The fraction of sp³-hybridized carbons (Fsp3) is 0.238. The maximum absolute atomic E-state index is 12.7. The second kappa shape index (κ2) is 9.00. The number of aromatic nitrogens is 3. The van der Waals surface area contributed by atoms with E-state index in [9.17, 15) is 9.59 Å². The third-order valence-electron chi connectivity index (χ3n) is 4.42. The first-order valence-corrected chi connectivity index (χ1v) is 9.78. The third-order valence-corrected chi connectivity index (χ3v) is 4.92. The van der Waals surface area contributed by atoms with Gasteiger partial charge in [0.15, 0.2) is 6.61 Å². The molecule has 0 saturated carbocycles. The minimum Gasteiger partial charge on any atom is -0.456 e. The van der Waals surface area contributed by atoms with Gasteiger partial charge in [-0.25, -0.2) is 9.97 Å². The highest BCUT2D eigenvalue weighted by Crippen LogP contribution is 2.23. The highest BCUT2D eigenvalue weighted by atomic mass is 79.9. The zero-order valence-electron chi connectivity index (χ0n) is 16.4. The van der Waals surface area contributed by atoms with Crippen molar-refractivity contribution in [1.82, 2.24) is 14.5 Å². The van der Waals surface area contributed by atoms with E-state index in [0.29, 0.717) is 11.5 Å². The Labute approximate surface area is 177 Å². The number of hydrogen-bond donors (Lipinski definition) is 0. The lowest BCUT2D eigenvalue weighted by Gasteiger charge is -2.15. The Kier molecular flexibility index (Phi) is 6.43. The van der Waals surface area contributed by atoms with Crippen LogP contribution in [0.2, 0.25) is 0 Å². The number of hydrogen-bond acceptors (Lipinski definition) is 6. The molecule has 0 aliphatic rings. The van der Waals surface area contributed by atoms with E-state index in [2.05, 4.69) is 25.9 Å². The van der Waals surface area contributed by atoms with E-state index < -0.39 is 5.97 Å². The molecule has 0 N–H and O–H groups in total. The standard InChI is InChI=1S/C21H21BrN4O3/c1-14-10-18(15(2)26(14)17-7-4-6-16(22)11-17)19(27)13-29-20(28)12-25(3)21-23-8-5-9-24-21/h4-11H,12-13H2,1-3H3. The van der Waals surface area contributed by atoms with Crippen LogP contribution < -0.4 is 4.90 Å². The SMILES string of the molecule is Cc1cc(C(=O)COC(=O)CN(C)c2ncccn2)c(C)n1-c1cccc(Br)c1. The summed E-state index contributed by atoms with van der Waals surface area (Å²) in [6, 6.07) is 11.3. The number of aryl methyl sites for hydroxylation is 1. The van der Waals surface area contributed by atoms with Gasteiger partial charge in [-0.1, -0.05) is 22.0 Å². The Morgan fingerprint density at radius 3 is 2.55 bits per heavy atom. The van der Waals surface area contributed by atoms with E-state index in [1.165, 1.54) is 0 Å². The monoisotopic (exact) mass is 456 g/mol. The van der Waals surface area contributed by atoms with Gasteiger partial charge in [-0.2, -0.15) is 0 Å². The molecule has 0 amide bonds. The number of anilines is 1. The number of carbonyl (C=O) groups excluding carboxylic acids is 2. The molecule has 3 rings (SSSR count). The molecular weight excluding hydrogens is 436 g/mol. The molecule has 3 aromatic rings. The molecule has 150 valence electrons. The molecule has 7 nitrogen and oxygen atoms in total. The number of carbonyl (C=O) groups is 2. The molecule has 0 saturated heterocycles. The highest BCUT2D eigenvalue weighted by molar-refractivity contribution is 9.10. The lowest BCUT2D eigenvalue weighted by Crippen LogP contribution is -2.29. The van der Waals surface area contributed by atoms with Crippen molar-refractivity contribution in [1.29, 1.82) is 0 Å². The van der Waals surface area contributed by atoms with Crippen LogP contribution in [0, 0.1) is 13.8 Å². The number of benzene rings is 1. The minimum absolute atomic E-state index is 0.0473. The number of halogens is 1. The van der Waals surface area contributed by atoms with Crippen LogP contribution in [-0.2, 0) is 9.53 Å². The van der Waals surface area contributed by atoms with Crippen LogP contribution in [0.4, 0.5) is 5.95 Å². The molecule has 2 aromatic heterocycles. The Hall–Kier alpha value is -3.00. The summed E-state index contributed by atoms with van der Waals surface area (Å²) in [6.07, 6.45) is 3.18. The topological polar surface area (TPSA) is 77.3 Å². The van der Waals surface area contributed by atoms with Gasteiger partial charge in [0.2, 0.25) is 11.7 Å². The number of Topliss-reactive ketones (excluding diaryl/α,β-unsaturated/α-hetero) is 1. The summed E-state index contributed by atoms with van der Waals surface area (Å²) in [4.78, 5) is 34.4. The zero-order chi connectivity index (χ0) is 21.0. The molecule has 1 aromatic carbocycles. The predicted molar refractivity (Wildman–Crippen MR) is 114 cm³/mol. The van der Waals surface area contributed by atoms with Gasteiger partial charge in [0, 0.05) is 46.6 Å². The molecule has 0 unspecified atom stereocenters. The minimum atomic E-state index is -0.519. The van der Waals surface area contributed by atoms with Crippen molar-refractivity contribution in [3.05, 3.63) is 70.2 Å². The Morgan fingerprint density at radius 1 is 1.14 bits per heavy atom. The summed E-state index contributed by atoms with van der Waals surface area (Å²) in [5.74, 6) is -0.353. The van der Waals surface area contributed by atoms with E-state index in [0.717, 1.165) is 21.5 Å². The maximum Gasteiger partial charge on any atom is 0.326 e. The summed E-state index contributed by atoms with van der Waals surface area (Å²) < 4.78 is 8.13. The van der Waals surface area contributed by atoms with Crippen LogP contribution >= 0.6 is 15.9 Å². The lowest BCUT2D eigenvalue weighted by molar-refractivity contribution is -0.140. The normalized spacial score (nSPS) is 10.6. The number of rotatable bonds is 7. The van der Waals surface area contributed by atoms with Crippen molar-refractivity contribution in [2.75, 3.05) is 25.1 Å². The highest BCUT2D eigenvalue weighted by Gasteiger charge is 2.19. The summed E-state index contributed by atoms with van der Waals surface area (Å²) >= 11 is 3.47. The fourth-order valence-corrected chi connectivity index (χ4v) is 3.47. The third kappa shape index (κ3) is 4.89.